The Bertz CT molecular complexity index is 1270. The molecule has 2 unspecified atom stereocenters. The minimum atomic E-state index is -0.189. The van der Waals surface area contributed by atoms with Crippen molar-refractivity contribution >= 4 is 17.5 Å². The van der Waals surface area contributed by atoms with Crippen LogP contribution in [0.1, 0.15) is 54.2 Å². The molecule has 8 heteroatoms. The molecule has 5 rings (SSSR count). The fourth-order valence-electron chi connectivity index (χ4n) is 4.20. The van der Waals surface area contributed by atoms with Crippen LogP contribution < -0.4 is 11.1 Å². The second-order valence-electron chi connectivity index (χ2n) is 8.13. The predicted octanol–water partition coefficient (Wildman–Crippen LogP) is 3.24. The molecular formula is C23H25N7O. The zero-order valence-electron chi connectivity index (χ0n) is 17.6. The number of benzene rings is 1. The zero-order valence-corrected chi connectivity index (χ0v) is 17.6. The van der Waals surface area contributed by atoms with Crippen LogP contribution in [0, 0.1) is 0 Å². The summed E-state index contributed by atoms with van der Waals surface area (Å²) < 4.78 is 3.58. The molecule has 1 aliphatic carbocycles. The molecule has 0 aliphatic heterocycles. The molecule has 0 bridgehead atoms. The molecule has 2 atom stereocenters. The molecule has 1 amide bonds. The highest BCUT2D eigenvalue weighted by Gasteiger charge is 2.24. The SMILES string of the molecule is CCC(C)NC(=O)c1cc(-c2cnn(C3CCc4ccccc43)c2)cn2nc(N)nc12. The van der Waals surface area contributed by atoms with Crippen molar-refractivity contribution in [3.05, 3.63) is 65.6 Å². The maximum absolute atomic E-state index is 12.9. The summed E-state index contributed by atoms with van der Waals surface area (Å²) in [7, 11) is 0. The van der Waals surface area contributed by atoms with Gasteiger partial charge in [-0.05, 0) is 43.4 Å². The third-order valence-electron chi connectivity index (χ3n) is 6.04. The van der Waals surface area contributed by atoms with E-state index in [1.54, 1.807) is 4.52 Å². The molecule has 1 aromatic carbocycles. The first kappa shape index (κ1) is 19.3. The quantitative estimate of drug-likeness (QED) is 0.521. The summed E-state index contributed by atoms with van der Waals surface area (Å²) in [5.41, 5.74) is 11.2. The van der Waals surface area contributed by atoms with Crippen LogP contribution in [0.3, 0.4) is 0 Å². The van der Waals surface area contributed by atoms with Gasteiger partial charge in [-0.1, -0.05) is 31.2 Å². The summed E-state index contributed by atoms with van der Waals surface area (Å²) in [5, 5.41) is 11.9. The van der Waals surface area contributed by atoms with E-state index in [-0.39, 0.29) is 23.9 Å². The molecule has 0 radical (unpaired) electrons. The average Bonchev–Trinajstić information content (AvgIpc) is 3.49. The fraction of sp³-hybridized carbons (Fsp3) is 0.304. The molecule has 4 aromatic rings. The highest BCUT2D eigenvalue weighted by molar-refractivity contribution is 6.01. The van der Waals surface area contributed by atoms with E-state index in [4.69, 9.17) is 5.73 Å². The summed E-state index contributed by atoms with van der Waals surface area (Å²) in [6.45, 7) is 4.00. The maximum Gasteiger partial charge on any atom is 0.255 e. The number of fused-ring (bicyclic) bond motifs is 2. The Labute approximate surface area is 180 Å². The molecular weight excluding hydrogens is 390 g/mol. The van der Waals surface area contributed by atoms with Crippen molar-refractivity contribution in [2.24, 2.45) is 0 Å². The van der Waals surface area contributed by atoms with E-state index >= 15 is 0 Å². The van der Waals surface area contributed by atoms with E-state index in [9.17, 15) is 4.79 Å². The summed E-state index contributed by atoms with van der Waals surface area (Å²) in [6, 6.07) is 10.6. The summed E-state index contributed by atoms with van der Waals surface area (Å²) in [4.78, 5) is 17.2. The van der Waals surface area contributed by atoms with Gasteiger partial charge < -0.3 is 11.1 Å². The fourth-order valence-corrected chi connectivity index (χ4v) is 4.20. The molecule has 3 N–H and O–H groups in total. The predicted molar refractivity (Wildman–Crippen MR) is 119 cm³/mol. The number of anilines is 1. The Hall–Kier alpha value is -3.68. The molecule has 0 fully saturated rings. The Morgan fingerprint density at radius 3 is 2.97 bits per heavy atom. The molecule has 31 heavy (non-hydrogen) atoms. The first-order valence-corrected chi connectivity index (χ1v) is 10.6. The van der Waals surface area contributed by atoms with E-state index in [0.29, 0.717) is 11.2 Å². The van der Waals surface area contributed by atoms with Crippen molar-refractivity contribution in [1.82, 2.24) is 29.7 Å². The summed E-state index contributed by atoms with van der Waals surface area (Å²) >= 11 is 0. The van der Waals surface area contributed by atoms with Crippen molar-refractivity contribution in [3.63, 3.8) is 0 Å². The lowest BCUT2D eigenvalue weighted by atomic mass is 10.1. The highest BCUT2D eigenvalue weighted by Crippen LogP contribution is 2.34. The minimum Gasteiger partial charge on any atom is -0.366 e. The van der Waals surface area contributed by atoms with Gasteiger partial charge in [0.25, 0.3) is 5.91 Å². The van der Waals surface area contributed by atoms with Crippen molar-refractivity contribution in [1.29, 1.82) is 0 Å². The zero-order chi connectivity index (χ0) is 21.5. The number of nitrogen functional groups attached to an aromatic ring is 1. The molecule has 3 heterocycles. The van der Waals surface area contributed by atoms with Crippen molar-refractivity contribution in [2.75, 3.05) is 5.73 Å². The third kappa shape index (κ3) is 3.43. The summed E-state index contributed by atoms with van der Waals surface area (Å²) in [6.07, 6.45) is 8.62. The maximum atomic E-state index is 12.9. The van der Waals surface area contributed by atoms with Gasteiger partial charge in [0, 0.05) is 29.6 Å². The number of carbonyl (C=O) groups is 1. The Balaban J connectivity index is 1.53. The summed E-state index contributed by atoms with van der Waals surface area (Å²) in [5.74, 6) is -0.0568. The number of hydrogen-bond donors (Lipinski definition) is 2. The van der Waals surface area contributed by atoms with Crippen LogP contribution in [0.15, 0.2) is 48.9 Å². The van der Waals surface area contributed by atoms with Crippen LogP contribution in [-0.2, 0) is 6.42 Å². The standard InChI is InChI=1S/C23H25N7O/c1-3-14(2)26-22(31)19-10-16(12-30-21(19)27-23(24)28-30)17-11-25-29(13-17)20-9-8-15-6-4-5-7-18(15)20/h4-7,10-14,20H,3,8-9H2,1-2H3,(H2,24,28)(H,26,31). The van der Waals surface area contributed by atoms with Crippen LogP contribution in [0.4, 0.5) is 5.95 Å². The number of carbonyl (C=O) groups excluding carboxylic acids is 1. The van der Waals surface area contributed by atoms with Crippen molar-refractivity contribution < 1.29 is 4.79 Å². The molecule has 0 saturated heterocycles. The molecule has 158 valence electrons. The van der Waals surface area contributed by atoms with E-state index in [2.05, 4.69) is 44.8 Å². The monoisotopic (exact) mass is 415 g/mol. The normalized spacial score (nSPS) is 16.4. The number of pyridine rings is 1. The molecule has 8 nitrogen and oxygen atoms in total. The number of nitrogens with one attached hydrogen (secondary N) is 1. The lowest BCUT2D eigenvalue weighted by molar-refractivity contribution is 0.0940. The van der Waals surface area contributed by atoms with Gasteiger partial charge in [-0.25, -0.2) is 4.52 Å². The Morgan fingerprint density at radius 2 is 2.13 bits per heavy atom. The second kappa shape index (κ2) is 7.54. The number of aryl methyl sites for hydroxylation is 1. The minimum absolute atomic E-state index is 0.0571. The number of rotatable bonds is 5. The van der Waals surface area contributed by atoms with Gasteiger partial charge in [0.2, 0.25) is 5.95 Å². The number of hydrogen-bond acceptors (Lipinski definition) is 5. The first-order valence-electron chi connectivity index (χ1n) is 10.6. The van der Waals surface area contributed by atoms with Gasteiger partial charge in [-0.3, -0.25) is 9.48 Å². The molecule has 3 aromatic heterocycles. The highest BCUT2D eigenvalue weighted by atomic mass is 16.1. The van der Waals surface area contributed by atoms with Crippen LogP contribution in [0.25, 0.3) is 16.8 Å². The Kier molecular flexibility index (Phi) is 4.69. The molecule has 1 aliphatic rings. The smallest absolute Gasteiger partial charge is 0.255 e. The van der Waals surface area contributed by atoms with Crippen LogP contribution in [0.2, 0.25) is 0 Å². The number of nitrogens with zero attached hydrogens (tertiary/aromatic N) is 5. The van der Waals surface area contributed by atoms with Crippen LogP contribution in [0.5, 0.6) is 0 Å². The molecule has 0 saturated carbocycles. The van der Waals surface area contributed by atoms with Gasteiger partial charge in [-0.2, -0.15) is 10.1 Å². The van der Waals surface area contributed by atoms with Gasteiger partial charge in [0.1, 0.15) is 0 Å². The van der Waals surface area contributed by atoms with Crippen LogP contribution in [-0.4, -0.2) is 36.3 Å². The van der Waals surface area contributed by atoms with E-state index in [1.807, 2.05) is 43.2 Å². The Morgan fingerprint density at radius 1 is 1.29 bits per heavy atom. The van der Waals surface area contributed by atoms with Crippen molar-refractivity contribution in [2.45, 2.75) is 45.2 Å². The van der Waals surface area contributed by atoms with Gasteiger partial charge in [0.05, 0.1) is 17.8 Å². The van der Waals surface area contributed by atoms with Gasteiger partial charge in [-0.15, -0.1) is 5.10 Å². The first-order chi connectivity index (χ1) is 15.0. The largest absolute Gasteiger partial charge is 0.366 e. The average molecular weight is 416 g/mol. The van der Waals surface area contributed by atoms with Crippen molar-refractivity contribution in [3.8, 4) is 11.1 Å². The second-order valence-corrected chi connectivity index (χ2v) is 8.13. The van der Waals surface area contributed by atoms with E-state index in [1.165, 1.54) is 11.1 Å². The number of aromatic nitrogens is 5. The third-order valence-corrected chi connectivity index (χ3v) is 6.04. The van der Waals surface area contributed by atoms with Gasteiger partial charge >= 0.3 is 0 Å². The lowest BCUT2D eigenvalue weighted by Crippen LogP contribution is -2.32. The van der Waals surface area contributed by atoms with Crippen LogP contribution >= 0.6 is 0 Å². The van der Waals surface area contributed by atoms with E-state index < -0.39 is 0 Å². The lowest BCUT2D eigenvalue weighted by Gasteiger charge is -2.13. The number of amides is 1. The molecule has 0 spiro atoms. The number of nitrogens with two attached hydrogens (primary N) is 1. The van der Waals surface area contributed by atoms with Gasteiger partial charge in [0.15, 0.2) is 5.65 Å². The topological polar surface area (TPSA) is 103 Å². The van der Waals surface area contributed by atoms with E-state index in [0.717, 1.165) is 30.4 Å².